The lowest BCUT2D eigenvalue weighted by molar-refractivity contribution is -0.0408. The number of aliphatic hydroxyl groups is 1. The number of aromatic nitrogens is 3. The van der Waals surface area contributed by atoms with E-state index >= 15 is 0 Å². The van der Waals surface area contributed by atoms with Crippen LogP contribution >= 0.6 is 22.9 Å². The van der Waals surface area contributed by atoms with Gasteiger partial charge in [0.25, 0.3) is 0 Å². The van der Waals surface area contributed by atoms with Crippen LogP contribution in [-0.4, -0.2) is 56.6 Å². The van der Waals surface area contributed by atoms with Crippen molar-refractivity contribution in [2.75, 3.05) is 19.7 Å². The van der Waals surface area contributed by atoms with Crippen LogP contribution in [0.3, 0.4) is 0 Å². The summed E-state index contributed by atoms with van der Waals surface area (Å²) in [4.78, 5) is 20.1. The van der Waals surface area contributed by atoms with Gasteiger partial charge in [-0.15, -0.1) is 11.3 Å². The van der Waals surface area contributed by atoms with Gasteiger partial charge in [-0.1, -0.05) is 22.8 Å². The van der Waals surface area contributed by atoms with E-state index in [9.17, 15) is 9.50 Å². The molecule has 4 heterocycles. The van der Waals surface area contributed by atoms with E-state index in [0.29, 0.717) is 35.8 Å². The van der Waals surface area contributed by atoms with Crippen molar-refractivity contribution in [2.45, 2.75) is 37.5 Å². The molecule has 0 radical (unpaired) electrons. The minimum atomic E-state index is -0.806. The number of likely N-dealkylation sites (tertiary alicyclic amines) is 1. The predicted octanol–water partition coefficient (Wildman–Crippen LogP) is 4.04. The third kappa shape index (κ3) is 5.32. The van der Waals surface area contributed by atoms with E-state index in [1.807, 2.05) is 16.3 Å². The molecule has 1 N–H and O–H groups in total. The topological polar surface area (TPSA) is 117 Å². The van der Waals surface area contributed by atoms with Crippen LogP contribution < -0.4 is 4.74 Å². The van der Waals surface area contributed by atoms with Crippen LogP contribution in [0, 0.1) is 17.1 Å². The molecule has 1 fully saturated rings. The van der Waals surface area contributed by atoms with Crippen molar-refractivity contribution in [3.8, 4) is 12.1 Å². The number of aliphatic hydroxyl groups excluding tert-OH is 1. The molecular formula is C24H22ClFN6O3S. The van der Waals surface area contributed by atoms with Gasteiger partial charge in [-0.2, -0.15) is 10.2 Å². The van der Waals surface area contributed by atoms with Gasteiger partial charge in [0.15, 0.2) is 6.10 Å². The van der Waals surface area contributed by atoms with E-state index in [0.717, 1.165) is 23.5 Å². The average molecular weight is 529 g/mol. The summed E-state index contributed by atoms with van der Waals surface area (Å²) in [6.45, 7) is 1.37. The lowest BCUT2D eigenvalue weighted by Crippen LogP contribution is -2.44. The van der Waals surface area contributed by atoms with Gasteiger partial charge in [0, 0.05) is 42.6 Å². The molecule has 5 rings (SSSR count). The molecule has 36 heavy (non-hydrogen) atoms. The fraction of sp³-hybridized carbons (Fsp3) is 0.375. The largest absolute Gasteiger partial charge is 0.459 e. The summed E-state index contributed by atoms with van der Waals surface area (Å²) >= 11 is 7.74. The first-order valence-corrected chi connectivity index (χ1v) is 12.7. The normalized spacial score (nSPS) is 19.4. The Morgan fingerprint density at radius 2 is 2.14 bits per heavy atom. The Morgan fingerprint density at radius 1 is 1.31 bits per heavy atom. The van der Waals surface area contributed by atoms with Crippen molar-refractivity contribution in [2.24, 2.45) is 5.16 Å². The highest BCUT2D eigenvalue weighted by Crippen LogP contribution is 2.37. The fourth-order valence-electron chi connectivity index (χ4n) is 4.28. The molecule has 2 aliphatic rings. The highest BCUT2D eigenvalue weighted by atomic mass is 35.5. The number of ether oxygens (including phenoxy) is 1. The number of rotatable bonds is 7. The van der Waals surface area contributed by atoms with Gasteiger partial charge in [-0.05, 0) is 31.0 Å². The molecule has 2 aromatic heterocycles. The smallest absolute Gasteiger partial charge is 0.317 e. The van der Waals surface area contributed by atoms with Gasteiger partial charge in [0.1, 0.15) is 36.1 Å². The molecule has 9 nitrogen and oxygen atoms in total. The standard InChI is InChI=1S/C24H22ClFN6O3S/c25-16-2-1-3-17(26)22(16)20-10-18(31-35-20)19-13-36-23(30-19)14-5-8-32(9-6-14)21(33)12-34-24-28-7-4-15(11-27)29-24/h1-4,7,13-14,20-21,33H,5-6,8-10,12H2. The lowest BCUT2D eigenvalue weighted by Gasteiger charge is -2.34. The summed E-state index contributed by atoms with van der Waals surface area (Å²) in [6, 6.07) is 8.04. The van der Waals surface area contributed by atoms with Gasteiger partial charge >= 0.3 is 6.01 Å². The minimum absolute atomic E-state index is 0.00790. The number of halogens is 2. The quantitative estimate of drug-likeness (QED) is 0.488. The van der Waals surface area contributed by atoms with Crippen LogP contribution in [0.15, 0.2) is 41.0 Å². The number of piperidine rings is 1. The molecule has 3 aromatic rings. The van der Waals surface area contributed by atoms with Crippen molar-refractivity contribution in [1.82, 2.24) is 19.9 Å². The molecule has 2 aliphatic heterocycles. The molecular weight excluding hydrogens is 507 g/mol. The Morgan fingerprint density at radius 3 is 2.92 bits per heavy atom. The second-order valence-electron chi connectivity index (χ2n) is 8.48. The van der Waals surface area contributed by atoms with Crippen LogP contribution in [0.25, 0.3) is 0 Å². The number of hydrogen-bond donors (Lipinski definition) is 1. The van der Waals surface area contributed by atoms with E-state index in [4.69, 9.17) is 31.4 Å². The Labute approximate surface area is 215 Å². The Bertz CT molecular complexity index is 1290. The van der Waals surface area contributed by atoms with Crippen molar-refractivity contribution in [1.29, 1.82) is 5.26 Å². The summed E-state index contributed by atoms with van der Waals surface area (Å²) in [5.41, 5.74) is 1.93. The van der Waals surface area contributed by atoms with Crippen molar-refractivity contribution in [3.63, 3.8) is 0 Å². The van der Waals surface area contributed by atoms with E-state index in [2.05, 4.69) is 15.1 Å². The van der Waals surface area contributed by atoms with Gasteiger partial charge in [-0.3, -0.25) is 4.90 Å². The molecule has 1 saturated heterocycles. The first kappa shape index (κ1) is 24.5. The molecule has 0 aliphatic carbocycles. The van der Waals surface area contributed by atoms with Gasteiger partial charge in [-0.25, -0.2) is 14.4 Å². The summed E-state index contributed by atoms with van der Waals surface area (Å²) < 4.78 is 19.7. The molecule has 0 amide bonds. The van der Waals surface area contributed by atoms with Crippen LogP contribution in [0.2, 0.25) is 5.02 Å². The first-order valence-electron chi connectivity index (χ1n) is 11.4. The zero-order valence-electron chi connectivity index (χ0n) is 19.0. The SMILES string of the molecule is N#Cc1ccnc(OCC(O)N2CCC(c3nc(C4=NOC(c5c(F)cccc5Cl)C4)cs3)CC2)n1. The fourth-order valence-corrected chi connectivity index (χ4v) is 5.57. The summed E-state index contributed by atoms with van der Waals surface area (Å²) in [7, 11) is 0. The summed E-state index contributed by atoms with van der Waals surface area (Å²) in [6.07, 6.45) is 2.13. The molecule has 186 valence electrons. The van der Waals surface area contributed by atoms with Gasteiger partial charge in [0.2, 0.25) is 0 Å². The number of hydrogen-bond acceptors (Lipinski definition) is 10. The second kappa shape index (κ2) is 10.8. The van der Waals surface area contributed by atoms with E-state index in [1.165, 1.54) is 18.3 Å². The van der Waals surface area contributed by atoms with Crippen LogP contribution in [0.1, 0.15) is 53.2 Å². The Hall–Kier alpha value is -3.17. The zero-order valence-corrected chi connectivity index (χ0v) is 20.6. The van der Waals surface area contributed by atoms with Crippen LogP contribution in [0.4, 0.5) is 4.39 Å². The van der Waals surface area contributed by atoms with Crippen LogP contribution in [0.5, 0.6) is 6.01 Å². The number of nitrogens with zero attached hydrogens (tertiary/aromatic N) is 6. The number of nitriles is 1. The number of thiazole rings is 1. The molecule has 2 atom stereocenters. The minimum Gasteiger partial charge on any atom is -0.459 e. The maximum Gasteiger partial charge on any atom is 0.317 e. The molecule has 0 bridgehead atoms. The van der Waals surface area contributed by atoms with E-state index < -0.39 is 18.1 Å². The average Bonchev–Trinajstić information content (AvgIpc) is 3.58. The Kier molecular flexibility index (Phi) is 7.38. The summed E-state index contributed by atoms with van der Waals surface area (Å²) in [5.74, 6) is -0.144. The van der Waals surface area contributed by atoms with Crippen molar-refractivity contribution in [3.05, 3.63) is 68.6 Å². The van der Waals surface area contributed by atoms with Gasteiger partial charge in [0.05, 0.1) is 15.7 Å². The number of oxime groups is 1. The Balaban J connectivity index is 1.13. The predicted molar refractivity (Wildman–Crippen MR) is 130 cm³/mol. The van der Waals surface area contributed by atoms with Crippen molar-refractivity contribution >= 4 is 28.6 Å². The van der Waals surface area contributed by atoms with E-state index in [-0.39, 0.29) is 24.2 Å². The van der Waals surface area contributed by atoms with Crippen molar-refractivity contribution < 1.29 is 19.1 Å². The molecule has 1 aromatic carbocycles. The maximum atomic E-state index is 14.3. The highest BCUT2D eigenvalue weighted by molar-refractivity contribution is 7.10. The second-order valence-corrected chi connectivity index (χ2v) is 9.78. The highest BCUT2D eigenvalue weighted by Gasteiger charge is 2.31. The zero-order chi connectivity index (χ0) is 25.1. The molecule has 2 unspecified atom stereocenters. The molecule has 0 saturated carbocycles. The first-order chi connectivity index (χ1) is 17.5. The third-order valence-corrected chi connectivity index (χ3v) is 7.55. The molecule has 0 spiro atoms. The number of benzene rings is 1. The monoisotopic (exact) mass is 528 g/mol. The molecule has 12 heteroatoms. The maximum absolute atomic E-state index is 14.3. The summed E-state index contributed by atoms with van der Waals surface area (Å²) in [5, 5.41) is 26.9. The lowest BCUT2D eigenvalue weighted by atomic mass is 9.97. The third-order valence-electron chi connectivity index (χ3n) is 6.22. The van der Waals surface area contributed by atoms with Crippen LogP contribution in [-0.2, 0) is 4.84 Å². The van der Waals surface area contributed by atoms with E-state index in [1.54, 1.807) is 23.5 Å². The van der Waals surface area contributed by atoms with Gasteiger partial charge < -0.3 is 14.7 Å².